The summed E-state index contributed by atoms with van der Waals surface area (Å²) in [6.45, 7) is 2.32. The van der Waals surface area contributed by atoms with Gasteiger partial charge in [-0.2, -0.15) is 0 Å². The van der Waals surface area contributed by atoms with Crippen molar-refractivity contribution >= 4 is 80.7 Å². The molecule has 246 valence electrons. The van der Waals surface area contributed by atoms with Crippen LogP contribution >= 0.6 is 11.3 Å². The maximum absolute atomic E-state index is 2.49. The summed E-state index contributed by atoms with van der Waals surface area (Å²) in [5.74, 6) is 0.518. The smallest absolute Gasteiger partial charge is 0.0619 e. The number of para-hydroxylation sites is 4. The maximum Gasteiger partial charge on any atom is 0.0619 e. The lowest BCUT2D eigenvalue weighted by molar-refractivity contribution is 0.740. The minimum atomic E-state index is 0.518. The van der Waals surface area contributed by atoms with Crippen LogP contribution in [0.3, 0.4) is 0 Å². The number of thiophene rings is 1. The second kappa shape index (κ2) is 11.4. The molecule has 52 heavy (non-hydrogen) atoms. The highest BCUT2D eigenvalue weighted by Gasteiger charge is 2.21. The zero-order valence-corrected chi connectivity index (χ0v) is 29.6. The Morgan fingerprint density at radius 1 is 0.519 bits per heavy atom. The Bertz CT molecular complexity index is 3110. The molecule has 1 aliphatic carbocycles. The molecule has 0 saturated heterocycles. The Labute approximate surface area is 305 Å². The summed E-state index contributed by atoms with van der Waals surface area (Å²) in [6, 6.07) is 56.0. The van der Waals surface area contributed by atoms with Crippen molar-refractivity contribution in [2.24, 2.45) is 5.92 Å². The number of allylic oxidation sites excluding steroid dienone is 4. The molecule has 0 saturated carbocycles. The highest BCUT2D eigenvalue weighted by Crippen LogP contribution is 2.44. The fourth-order valence-corrected chi connectivity index (χ4v) is 9.91. The van der Waals surface area contributed by atoms with Crippen LogP contribution in [0, 0.1) is 5.92 Å². The van der Waals surface area contributed by atoms with Gasteiger partial charge in [-0.05, 0) is 78.1 Å². The van der Waals surface area contributed by atoms with Crippen molar-refractivity contribution in [2.75, 3.05) is 0 Å². The molecule has 0 bridgehead atoms. The van der Waals surface area contributed by atoms with Gasteiger partial charge in [-0.15, -0.1) is 11.3 Å². The van der Waals surface area contributed by atoms with E-state index in [1.54, 1.807) is 0 Å². The minimum Gasteiger partial charge on any atom is -0.309 e. The van der Waals surface area contributed by atoms with E-state index in [1.165, 1.54) is 97.4 Å². The topological polar surface area (TPSA) is 9.86 Å². The zero-order chi connectivity index (χ0) is 34.3. The third-order valence-electron chi connectivity index (χ3n) is 11.0. The molecule has 3 aromatic heterocycles. The Kier molecular flexibility index (Phi) is 6.50. The van der Waals surface area contributed by atoms with Crippen LogP contribution in [0.4, 0.5) is 0 Å². The van der Waals surface area contributed by atoms with Crippen LogP contribution in [0.5, 0.6) is 0 Å². The average molecular weight is 683 g/mol. The van der Waals surface area contributed by atoms with Gasteiger partial charge in [-0.1, -0.05) is 122 Å². The average Bonchev–Trinajstić information content (AvgIpc) is 3.85. The first-order valence-electron chi connectivity index (χ1n) is 18.2. The Morgan fingerprint density at radius 2 is 1.21 bits per heavy atom. The normalized spacial score (nSPS) is 14.8. The van der Waals surface area contributed by atoms with Crippen molar-refractivity contribution in [3.63, 3.8) is 0 Å². The van der Waals surface area contributed by atoms with Crippen molar-refractivity contribution in [3.05, 3.63) is 175 Å². The van der Waals surface area contributed by atoms with Crippen LogP contribution in [0.2, 0.25) is 0 Å². The molecule has 1 atom stereocenters. The summed E-state index contributed by atoms with van der Waals surface area (Å²) in [7, 11) is 0. The lowest BCUT2D eigenvalue weighted by Gasteiger charge is -2.16. The second-order valence-electron chi connectivity index (χ2n) is 14.2. The molecular formula is C49H34N2S. The van der Waals surface area contributed by atoms with Crippen molar-refractivity contribution in [1.29, 1.82) is 0 Å². The van der Waals surface area contributed by atoms with E-state index in [9.17, 15) is 0 Å². The molecule has 0 fully saturated rings. The Hall–Kier alpha value is -6.16. The lowest BCUT2D eigenvalue weighted by atomic mass is 9.92. The van der Waals surface area contributed by atoms with E-state index in [0.717, 1.165) is 6.42 Å². The van der Waals surface area contributed by atoms with E-state index in [1.807, 2.05) is 11.3 Å². The highest BCUT2D eigenvalue weighted by atomic mass is 32.1. The maximum atomic E-state index is 2.49. The molecule has 0 spiro atoms. The van der Waals surface area contributed by atoms with Gasteiger partial charge in [-0.25, -0.2) is 0 Å². The minimum absolute atomic E-state index is 0.518. The number of benzene rings is 7. The molecule has 10 aromatic rings. The van der Waals surface area contributed by atoms with Crippen molar-refractivity contribution < 1.29 is 0 Å². The summed E-state index contributed by atoms with van der Waals surface area (Å²) >= 11 is 1.91. The van der Waals surface area contributed by atoms with Crippen molar-refractivity contribution in [2.45, 2.75) is 13.3 Å². The SMILES string of the molecule is CC1C=C(c2cc(-n3c4ccccc4c4cc(-c5cccc6c7ccccc7n(-c7ccccc7)c56)ccc43)cc3c2sc2ccccc23)C=CC1. The van der Waals surface area contributed by atoms with Gasteiger partial charge in [0, 0.05) is 64.2 Å². The summed E-state index contributed by atoms with van der Waals surface area (Å²) < 4.78 is 7.62. The van der Waals surface area contributed by atoms with E-state index in [2.05, 4.69) is 186 Å². The monoisotopic (exact) mass is 682 g/mol. The zero-order valence-electron chi connectivity index (χ0n) is 28.8. The number of fused-ring (bicyclic) bond motifs is 9. The number of hydrogen-bond donors (Lipinski definition) is 0. The van der Waals surface area contributed by atoms with Crippen LogP contribution in [0.1, 0.15) is 18.9 Å². The molecule has 3 heteroatoms. The first kappa shape index (κ1) is 29.6. The van der Waals surface area contributed by atoms with Crippen molar-refractivity contribution in [3.8, 4) is 22.5 Å². The molecule has 1 unspecified atom stereocenters. The van der Waals surface area contributed by atoms with Crippen LogP contribution in [0.25, 0.3) is 91.9 Å². The van der Waals surface area contributed by atoms with E-state index >= 15 is 0 Å². The van der Waals surface area contributed by atoms with Gasteiger partial charge in [-0.3, -0.25) is 0 Å². The van der Waals surface area contributed by atoms with Crippen LogP contribution in [-0.4, -0.2) is 9.13 Å². The van der Waals surface area contributed by atoms with Crippen LogP contribution < -0.4 is 0 Å². The third-order valence-corrected chi connectivity index (χ3v) is 12.2. The molecular weight excluding hydrogens is 649 g/mol. The van der Waals surface area contributed by atoms with Gasteiger partial charge in [0.1, 0.15) is 0 Å². The predicted molar refractivity (Wildman–Crippen MR) is 224 cm³/mol. The van der Waals surface area contributed by atoms with Gasteiger partial charge >= 0.3 is 0 Å². The molecule has 2 nitrogen and oxygen atoms in total. The summed E-state index contributed by atoms with van der Waals surface area (Å²) in [4.78, 5) is 0. The van der Waals surface area contributed by atoms with E-state index < -0.39 is 0 Å². The molecule has 3 heterocycles. The first-order chi connectivity index (χ1) is 25.7. The quantitative estimate of drug-likeness (QED) is 0.175. The number of nitrogens with zero attached hydrogens (tertiary/aromatic N) is 2. The molecule has 0 radical (unpaired) electrons. The number of hydrogen-bond acceptors (Lipinski definition) is 1. The summed E-state index contributed by atoms with van der Waals surface area (Å²) in [5, 5.41) is 7.70. The second-order valence-corrected chi connectivity index (χ2v) is 15.2. The molecule has 0 aliphatic heterocycles. The van der Waals surface area contributed by atoms with Gasteiger partial charge in [0.05, 0.1) is 22.1 Å². The fourth-order valence-electron chi connectivity index (χ4n) is 8.69. The Morgan fingerprint density at radius 3 is 2.04 bits per heavy atom. The standard InChI is InChI=1S/C49H34N2S/c1-31-13-11-14-32(27-31)41-29-35(30-43-39-19-7-10-24-47(39)52-49(41)43)50-44-22-8-6-18-38(44)42-28-33(25-26-46(42)50)36-20-12-21-40-37-17-5-9-23-45(37)51(48(36)40)34-15-3-2-4-16-34/h2-12,14-31H,13H2,1H3. The molecule has 11 rings (SSSR count). The fraction of sp³-hybridized carbons (Fsp3) is 0.0612. The summed E-state index contributed by atoms with van der Waals surface area (Å²) in [6.07, 6.45) is 8.21. The third kappa shape index (κ3) is 4.36. The van der Waals surface area contributed by atoms with Crippen LogP contribution in [0.15, 0.2) is 170 Å². The van der Waals surface area contributed by atoms with Gasteiger partial charge in [0.25, 0.3) is 0 Å². The number of aromatic nitrogens is 2. The molecule has 0 amide bonds. The molecule has 0 N–H and O–H groups in total. The van der Waals surface area contributed by atoms with Crippen molar-refractivity contribution in [1.82, 2.24) is 9.13 Å². The lowest BCUT2D eigenvalue weighted by Crippen LogP contribution is -1.98. The van der Waals surface area contributed by atoms with Gasteiger partial charge < -0.3 is 9.13 Å². The highest BCUT2D eigenvalue weighted by molar-refractivity contribution is 7.26. The Balaban J connectivity index is 1.19. The molecule has 1 aliphatic rings. The largest absolute Gasteiger partial charge is 0.309 e. The van der Waals surface area contributed by atoms with E-state index in [4.69, 9.17) is 0 Å². The predicted octanol–water partition coefficient (Wildman–Crippen LogP) is 13.9. The van der Waals surface area contributed by atoms with Gasteiger partial charge in [0.2, 0.25) is 0 Å². The summed E-state index contributed by atoms with van der Waals surface area (Å²) in [5.41, 5.74) is 12.3. The van der Waals surface area contributed by atoms with E-state index in [0.29, 0.717) is 5.92 Å². The van der Waals surface area contributed by atoms with E-state index in [-0.39, 0.29) is 0 Å². The number of rotatable bonds is 4. The first-order valence-corrected chi connectivity index (χ1v) is 19.0. The van der Waals surface area contributed by atoms with Gasteiger partial charge in [0.15, 0.2) is 0 Å². The van der Waals surface area contributed by atoms with Crippen LogP contribution in [-0.2, 0) is 0 Å². The molecule has 7 aromatic carbocycles.